The Bertz CT molecular complexity index is 542. The summed E-state index contributed by atoms with van der Waals surface area (Å²) in [6.45, 7) is 2.66. The molecule has 104 valence electrons. The molecular weight excluding hydrogens is 250 g/mol. The quantitative estimate of drug-likeness (QED) is 0.906. The van der Waals surface area contributed by atoms with Crippen LogP contribution in [0.2, 0.25) is 0 Å². The summed E-state index contributed by atoms with van der Waals surface area (Å²) < 4.78 is 0. The highest BCUT2D eigenvalue weighted by Crippen LogP contribution is 2.13. The molecule has 1 N–H and O–H groups in total. The first-order chi connectivity index (χ1) is 9.68. The van der Waals surface area contributed by atoms with Gasteiger partial charge in [0, 0.05) is 37.7 Å². The van der Waals surface area contributed by atoms with Crippen molar-refractivity contribution in [2.24, 2.45) is 0 Å². The van der Waals surface area contributed by atoms with Gasteiger partial charge in [-0.3, -0.25) is 9.78 Å². The minimum atomic E-state index is -0.0913. The Labute approximate surface area is 119 Å². The second-order valence-electron chi connectivity index (χ2n) is 4.75. The zero-order valence-electron chi connectivity index (χ0n) is 11.8. The number of carbonyl (C=O) groups is 1. The van der Waals surface area contributed by atoms with Gasteiger partial charge in [0.15, 0.2) is 0 Å². The fraction of sp³-hybridized carbons (Fsp3) is 0.250. The van der Waals surface area contributed by atoms with Crippen molar-refractivity contribution in [1.82, 2.24) is 10.3 Å². The van der Waals surface area contributed by atoms with Gasteiger partial charge in [0.25, 0.3) is 5.91 Å². The maximum atomic E-state index is 11.9. The molecule has 0 aliphatic rings. The van der Waals surface area contributed by atoms with Crippen molar-refractivity contribution in [1.29, 1.82) is 0 Å². The van der Waals surface area contributed by atoms with Crippen molar-refractivity contribution in [3.63, 3.8) is 0 Å². The third kappa shape index (κ3) is 3.57. The van der Waals surface area contributed by atoms with Gasteiger partial charge in [-0.25, -0.2) is 0 Å². The molecule has 0 aliphatic heterocycles. The third-order valence-corrected chi connectivity index (χ3v) is 3.31. The lowest BCUT2D eigenvalue weighted by atomic mass is 10.2. The standard InChI is InChI=1S/C16H19N3O/c1-13(19(2)15-8-4-3-5-9-15)11-18-16(20)14-7-6-10-17-12-14/h3-10,12-13H,11H2,1-2H3,(H,18,20)/t13-/m0/s1. The Morgan fingerprint density at radius 3 is 2.65 bits per heavy atom. The molecular formula is C16H19N3O. The average Bonchev–Trinajstić information content (AvgIpc) is 2.53. The van der Waals surface area contributed by atoms with Crippen LogP contribution in [-0.4, -0.2) is 30.5 Å². The molecule has 4 nitrogen and oxygen atoms in total. The number of anilines is 1. The predicted molar refractivity (Wildman–Crippen MR) is 80.9 cm³/mol. The summed E-state index contributed by atoms with van der Waals surface area (Å²) in [6.07, 6.45) is 3.23. The van der Waals surface area contributed by atoms with Crippen LogP contribution in [0.5, 0.6) is 0 Å². The number of rotatable bonds is 5. The van der Waals surface area contributed by atoms with Crippen molar-refractivity contribution in [3.05, 3.63) is 60.4 Å². The van der Waals surface area contributed by atoms with Gasteiger partial charge in [-0.05, 0) is 31.2 Å². The Morgan fingerprint density at radius 1 is 1.25 bits per heavy atom. The molecule has 4 heteroatoms. The zero-order valence-corrected chi connectivity index (χ0v) is 11.8. The first-order valence-electron chi connectivity index (χ1n) is 6.64. The van der Waals surface area contributed by atoms with Crippen LogP contribution < -0.4 is 10.2 Å². The zero-order chi connectivity index (χ0) is 14.4. The SMILES string of the molecule is C[C@@H](CNC(=O)c1cccnc1)N(C)c1ccccc1. The van der Waals surface area contributed by atoms with Crippen LogP contribution in [0.3, 0.4) is 0 Å². The average molecular weight is 269 g/mol. The largest absolute Gasteiger partial charge is 0.370 e. The van der Waals surface area contributed by atoms with Crippen LogP contribution in [0.1, 0.15) is 17.3 Å². The van der Waals surface area contributed by atoms with E-state index in [0.29, 0.717) is 12.1 Å². The van der Waals surface area contributed by atoms with E-state index in [1.807, 2.05) is 25.2 Å². The number of nitrogens with zero attached hydrogens (tertiary/aromatic N) is 2. The molecule has 1 amide bonds. The molecule has 0 spiro atoms. The highest BCUT2D eigenvalue weighted by molar-refractivity contribution is 5.93. The number of amides is 1. The van der Waals surface area contributed by atoms with E-state index in [4.69, 9.17) is 0 Å². The molecule has 0 saturated carbocycles. The molecule has 0 radical (unpaired) electrons. The Morgan fingerprint density at radius 2 is 2.00 bits per heavy atom. The molecule has 1 aromatic heterocycles. The number of aromatic nitrogens is 1. The minimum absolute atomic E-state index is 0.0913. The number of para-hydroxylation sites is 1. The van der Waals surface area contributed by atoms with Crippen LogP contribution in [0.4, 0.5) is 5.69 Å². The monoisotopic (exact) mass is 269 g/mol. The highest BCUT2D eigenvalue weighted by atomic mass is 16.1. The van der Waals surface area contributed by atoms with E-state index < -0.39 is 0 Å². The van der Waals surface area contributed by atoms with Gasteiger partial charge in [-0.2, -0.15) is 0 Å². The topological polar surface area (TPSA) is 45.2 Å². The second-order valence-corrected chi connectivity index (χ2v) is 4.75. The maximum absolute atomic E-state index is 11.9. The van der Waals surface area contributed by atoms with Crippen LogP contribution in [0.15, 0.2) is 54.9 Å². The molecule has 20 heavy (non-hydrogen) atoms. The van der Waals surface area contributed by atoms with Gasteiger partial charge in [-0.1, -0.05) is 18.2 Å². The van der Waals surface area contributed by atoms with Gasteiger partial charge in [0.1, 0.15) is 0 Å². The first-order valence-corrected chi connectivity index (χ1v) is 6.64. The molecule has 1 atom stereocenters. The maximum Gasteiger partial charge on any atom is 0.252 e. The van der Waals surface area contributed by atoms with Crippen molar-refractivity contribution >= 4 is 11.6 Å². The number of hydrogen-bond acceptors (Lipinski definition) is 3. The lowest BCUT2D eigenvalue weighted by Crippen LogP contribution is -2.40. The number of nitrogens with one attached hydrogen (secondary N) is 1. The van der Waals surface area contributed by atoms with E-state index in [1.165, 1.54) is 0 Å². The molecule has 0 unspecified atom stereocenters. The summed E-state index contributed by atoms with van der Waals surface area (Å²) >= 11 is 0. The summed E-state index contributed by atoms with van der Waals surface area (Å²) in [5, 5.41) is 2.93. The van der Waals surface area contributed by atoms with Gasteiger partial charge in [-0.15, -0.1) is 0 Å². The molecule has 2 aromatic rings. The van der Waals surface area contributed by atoms with Crippen molar-refractivity contribution in [2.75, 3.05) is 18.5 Å². The molecule has 0 bridgehead atoms. The normalized spacial score (nSPS) is 11.7. The number of pyridine rings is 1. The van der Waals surface area contributed by atoms with E-state index >= 15 is 0 Å². The van der Waals surface area contributed by atoms with Crippen molar-refractivity contribution in [3.8, 4) is 0 Å². The first kappa shape index (κ1) is 14.1. The van der Waals surface area contributed by atoms with E-state index in [-0.39, 0.29) is 11.9 Å². The Balaban J connectivity index is 1.89. The third-order valence-electron chi connectivity index (χ3n) is 3.31. The fourth-order valence-electron chi connectivity index (χ4n) is 1.89. The van der Waals surface area contributed by atoms with Crippen molar-refractivity contribution in [2.45, 2.75) is 13.0 Å². The van der Waals surface area contributed by atoms with Gasteiger partial charge in [0.2, 0.25) is 0 Å². The number of hydrogen-bond donors (Lipinski definition) is 1. The molecule has 2 rings (SSSR count). The smallest absolute Gasteiger partial charge is 0.252 e. The number of likely N-dealkylation sites (N-methyl/N-ethyl adjacent to an activating group) is 1. The Hall–Kier alpha value is -2.36. The van der Waals surface area contributed by atoms with E-state index in [2.05, 4.69) is 34.3 Å². The van der Waals surface area contributed by atoms with Crippen LogP contribution in [0.25, 0.3) is 0 Å². The van der Waals surface area contributed by atoms with Gasteiger partial charge in [0.05, 0.1) is 5.56 Å². The summed E-state index contributed by atoms with van der Waals surface area (Å²) in [6, 6.07) is 13.8. The van der Waals surface area contributed by atoms with Crippen molar-refractivity contribution < 1.29 is 4.79 Å². The minimum Gasteiger partial charge on any atom is -0.370 e. The lowest BCUT2D eigenvalue weighted by Gasteiger charge is -2.27. The summed E-state index contributed by atoms with van der Waals surface area (Å²) in [5.74, 6) is -0.0913. The van der Waals surface area contributed by atoms with E-state index in [1.54, 1.807) is 24.5 Å². The Kier molecular flexibility index (Phi) is 4.71. The van der Waals surface area contributed by atoms with Crippen LogP contribution >= 0.6 is 0 Å². The van der Waals surface area contributed by atoms with Crippen LogP contribution in [0, 0.1) is 0 Å². The summed E-state index contributed by atoms with van der Waals surface area (Å²) in [4.78, 5) is 18.0. The molecule has 1 heterocycles. The summed E-state index contributed by atoms with van der Waals surface area (Å²) in [5.41, 5.74) is 1.72. The molecule has 1 aromatic carbocycles. The van der Waals surface area contributed by atoms with E-state index in [9.17, 15) is 4.79 Å². The molecule has 0 aliphatic carbocycles. The van der Waals surface area contributed by atoms with E-state index in [0.717, 1.165) is 5.69 Å². The molecule has 0 saturated heterocycles. The number of benzene rings is 1. The van der Waals surface area contributed by atoms with Crippen LogP contribution in [-0.2, 0) is 0 Å². The second kappa shape index (κ2) is 6.70. The fourth-order valence-corrected chi connectivity index (χ4v) is 1.89. The summed E-state index contributed by atoms with van der Waals surface area (Å²) in [7, 11) is 2.02. The predicted octanol–water partition coefficient (Wildman–Crippen LogP) is 2.34. The molecule has 0 fully saturated rings. The number of carbonyl (C=O) groups excluding carboxylic acids is 1. The lowest BCUT2D eigenvalue weighted by molar-refractivity contribution is 0.0951. The highest BCUT2D eigenvalue weighted by Gasteiger charge is 2.12. The van der Waals surface area contributed by atoms with Gasteiger partial charge >= 0.3 is 0 Å². The van der Waals surface area contributed by atoms with Gasteiger partial charge < -0.3 is 10.2 Å².